The van der Waals surface area contributed by atoms with E-state index in [1.165, 1.54) is 0 Å². The third kappa shape index (κ3) is 5.37. The molecule has 0 aromatic carbocycles. The summed E-state index contributed by atoms with van der Waals surface area (Å²) in [7, 11) is 0. The van der Waals surface area contributed by atoms with Gasteiger partial charge in [0.15, 0.2) is 0 Å². The van der Waals surface area contributed by atoms with Crippen LogP contribution in [-0.2, 0) is 4.74 Å². The highest BCUT2D eigenvalue weighted by Gasteiger charge is 2.30. The van der Waals surface area contributed by atoms with Crippen LogP contribution in [0.15, 0.2) is 12.4 Å². The average Bonchev–Trinajstić information content (AvgIpc) is 2.48. The normalized spacial score (nSPS) is 18.6. The van der Waals surface area contributed by atoms with Gasteiger partial charge in [0.25, 0.3) is 0 Å². The molecule has 0 radical (unpaired) electrons. The van der Waals surface area contributed by atoms with Gasteiger partial charge in [0.1, 0.15) is 5.60 Å². The van der Waals surface area contributed by atoms with Gasteiger partial charge in [-0.15, -0.1) is 0 Å². The molecule has 0 saturated carbocycles. The van der Waals surface area contributed by atoms with E-state index in [1.54, 1.807) is 12.4 Å². The Hall–Kier alpha value is -1.85. The molecule has 1 atom stereocenters. The molecule has 0 unspecified atom stereocenters. The maximum Gasteiger partial charge on any atom is 0.410 e. The van der Waals surface area contributed by atoms with Crippen molar-refractivity contribution in [2.24, 2.45) is 0 Å². The number of nitrogens with zero attached hydrogens (tertiary/aromatic N) is 3. The fourth-order valence-corrected chi connectivity index (χ4v) is 2.69. The van der Waals surface area contributed by atoms with Gasteiger partial charge in [-0.2, -0.15) is 0 Å². The van der Waals surface area contributed by atoms with E-state index in [1.807, 2.05) is 32.6 Å². The van der Waals surface area contributed by atoms with Crippen molar-refractivity contribution in [2.75, 3.05) is 13.2 Å². The van der Waals surface area contributed by atoms with Crippen molar-refractivity contribution in [1.82, 2.24) is 14.9 Å². The van der Waals surface area contributed by atoms with Crippen LogP contribution in [0.1, 0.15) is 52.1 Å². The Kier molecular flexibility index (Phi) is 5.80. The van der Waals surface area contributed by atoms with Crippen molar-refractivity contribution in [1.29, 1.82) is 0 Å². The highest BCUT2D eigenvalue weighted by atomic mass is 16.6. The Balaban J connectivity index is 1.89. The summed E-state index contributed by atoms with van der Waals surface area (Å²) in [5.74, 6) is 0.562. The number of hydrogen-bond acceptors (Lipinski definition) is 5. The molecule has 6 heteroatoms. The molecule has 128 valence electrons. The third-order valence-corrected chi connectivity index (χ3v) is 3.78. The third-order valence-electron chi connectivity index (χ3n) is 3.78. The lowest BCUT2D eigenvalue weighted by molar-refractivity contribution is 0.00736. The fourth-order valence-electron chi connectivity index (χ4n) is 2.69. The number of carbonyl (C=O) groups is 1. The molecule has 1 aromatic heterocycles. The Bertz CT molecular complexity index is 528. The van der Waals surface area contributed by atoms with Gasteiger partial charge in [0.2, 0.25) is 5.88 Å². The maximum absolute atomic E-state index is 12.4. The minimum Gasteiger partial charge on any atom is -0.476 e. The number of piperidine rings is 1. The van der Waals surface area contributed by atoms with Crippen LogP contribution < -0.4 is 4.74 Å². The molecular formula is C17H27N3O3. The molecule has 2 heterocycles. The average molecular weight is 321 g/mol. The molecule has 0 bridgehead atoms. The van der Waals surface area contributed by atoms with Crippen LogP contribution in [0.2, 0.25) is 0 Å². The smallest absolute Gasteiger partial charge is 0.410 e. The van der Waals surface area contributed by atoms with Crippen molar-refractivity contribution < 1.29 is 14.3 Å². The first-order chi connectivity index (χ1) is 10.9. The summed E-state index contributed by atoms with van der Waals surface area (Å²) in [6.07, 6.45) is 6.97. The number of amides is 1. The van der Waals surface area contributed by atoms with E-state index in [2.05, 4.69) is 9.97 Å². The van der Waals surface area contributed by atoms with E-state index in [4.69, 9.17) is 9.47 Å². The van der Waals surface area contributed by atoms with Crippen LogP contribution in [-0.4, -0.2) is 45.8 Å². The van der Waals surface area contributed by atoms with Crippen molar-refractivity contribution in [3.8, 4) is 5.88 Å². The fraction of sp³-hybridized carbons (Fsp3) is 0.706. The van der Waals surface area contributed by atoms with Gasteiger partial charge in [-0.05, 0) is 47.0 Å². The van der Waals surface area contributed by atoms with Crippen molar-refractivity contribution in [3.05, 3.63) is 18.1 Å². The highest BCUT2D eigenvalue weighted by Crippen LogP contribution is 2.23. The predicted molar refractivity (Wildman–Crippen MR) is 87.5 cm³/mol. The SMILES string of the molecule is Cc1nccnc1OCC[C@H]1CCCCN1C(=O)OC(C)(C)C. The first-order valence-electron chi connectivity index (χ1n) is 8.27. The van der Waals surface area contributed by atoms with Crippen molar-refractivity contribution in [2.45, 2.75) is 65.0 Å². The van der Waals surface area contributed by atoms with E-state index >= 15 is 0 Å². The number of rotatable bonds is 4. The zero-order valence-electron chi connectivity index (χ0n) is 14.5. The van der Waals surface area contributed by atoms with Gasteiger partial charge in [-0.25, -0.2) is 9.78 Å². The molecule has 2 rings (SSSR count). The molecule has 1 aliphatic rings. The van der Waals surface area contributed by atoms with E-state index in [0.29, 0.717) is 12.5 Å². The van der Waals surface area contributed by atoms with E-state index in [-0.39, 0.29) is 12.1 Å². The Morgan fingerprint density at radius 2 is 2.04 bits per heavy atom. The molecule has 1 aliphatic heterocycles. The van der Waals surface area contributed by atoms with Crippen LogP contribution >= 0.6 is 0 Å². The lowest BCUT2D eigenvalue weighted by atomic mass is 10.0. The van der Waals surface area contributed by atoms with Gasteiger partial charge in [-0.3, -0.25) is 4.98 Å². The van der Waals surface area contributed by atoms with Gasteiger partial charge < -0.3 is 14.4 Å². The Morgan fingerprint density at radius 3 is 2.74 bits per heavy atom. The van der Waals surface area contributed by atoms with Crippen LogP contribution in [0, 0.1) is 6.92 Å². The maximum atomic E-state index is 12.4. The summed E-state index contributed by atoms with van der Waals surface area (Å²) in [4.78, 5) is 22.5. The monoisotopic (exact) mass is 321 g/mol. The minimum absolute atomic E-state index is 0.163. The second-order valence-corrected chi connectivity index (χ2v) is 6.91. The molecule has 0 N–H and O–H groups in total. The second-order valence-electron chi connectivity index (χ2n) is 6.91. The molecule has 1 saturated heterocycles. The molecule has 1 amide bonds. The first kappa shape index (κ1) is 17.5. The van der Waals surface area contributed by atoms with Crippen molar-refractivity contribution in [3.63, 3.8) is 0 Å². The number of likely N-dealkylation sites (tertiary alicyclic amines) is 1. The van der Waals surface area contributed by atoms with Gasteiger partial charge in [0.05, 0.1) is 12.3 Å². The van der Waals surface area contributed by atoms with Crippen LogP contribution in [0.4, 0.5) is 4.79 Å². The van der Waals surface area contributed by atoms with Crippen LogP contribution in [0.5, 0.6) is 5.88 Å². The standard InChI is InChI=1S/C17H27N3O3/c1-13-15(19-10-9-18-13)22-12-8-14-7-5-6-11-20(14)16(21)23-17(2,3)4/h9-10,14H,5-8,11-12H2,1-4H3/t14-/m1/s1. The van der Waals surface area contributed by atoms with E-state index < -0.39 is 5.60 Å². The number of aryl methyl sites for hydroxylation is 1. The molecule has 0 aliphatic carbocycles. The van der Waals surface area contributed by atoms with E-state index in [0.717, 1.165) is 37.9 Å². The Morgan fingerprint density at radius 1 is 1.30 bits per heavy atom. The molecule has 23 heavy (non-hydrogen) atoms. The lowest BCUT2D eigenvalue weighted by Crippen LogP contribution is -2.46. The predicted octanol–water partition coefficient (Wildman–Crippen LogP) is 3.34. The zero-order chi connectivity index (χ0) is 16.9. The molecule has 0 spiro atoms. The quantitative estimate of drug-likeness (QED) is 0.851. The molecular weight excluding hydrogens is 294 g/mol. The largest absolute Gasteiger partial charge is 0.476 e. The molecule has 6 nitrogen and oxygen atoms in total. The number of aromatic nitrogens is 2. The van der Waals surface area contributed by atoms with Crippen molar-refractivity contribution >= 4 is 6.09 Å². The van der Waals surface area contributed by atoms with Gasteiger partial charge >= 0.3 is 6.09 Å². The topological polar surface area (TPSA) is 64.6 Å². The number of carbonyl (C=O) groups excluding carboxylic acids is 1. The number of hydrogen-bond donors (Lipinski definition) is 0. The molecule has 1 fully saturated rings. The summed E-state index contributed by atoms with van der Waals surface area (Å²) in [5.41, 5.74) is 0.312. The second kappa shape index (κ2) is 7.62. The minimum atomic E-state index is -0.466. The van der Waals surface area contributed by atoms with Crippen LogP contribution in [0.25, 0.3) is 0 Å². The molecule has 1 aromatic rings. The summed E-state index contributed by atoms with van der Waals surface area (Å²) < 4.78 is 11.2. The Labute approximate surface area is 138 Å². The summed E-state index contributed by atoms with van der Waals surface area (Å²) in [6, 6.07) is 0.163. The van der Waals surface area contributed by atoms with Crippen LogP contribution in [0.3, 0.4) is 0 Å². The summed E-state index contributed by atoms with van der Waals surface area (Å²) >= 11 is 0. The van der Waals surface area contributed by atoms with Gasteiger partial charge in [-0.1, -0.05) is 0 Å². The van der Waals surface area contributed by atoms with E-state index in [9.17, 15) is 4.79 Å². The summed E-state index contributed by atoms with van der Waals surface area (Å²) in [6.45, 7) is 8.82. The number of ether oxygens (including phenoxy) is 2. The lowest BCUT2D eigenvalue weighted by Gasteiger charge is -2.36. The highest BCUT2D eigenvalue weighted by molar-refractivity contribution is 5.68. The summed E-state index contributed by atoms with van der Waals surface area (Å²) in [5, 5.41) is 0. The first-order valence-corrected chi connectivity index (χ1v) is 8.27. The zero-order valence-corrected chi connectivity index (χ0v) is 14.5. The van der Waals surface area contributed by atoms with Gasteiger partial charge in [0, 0.05) is 31.4 Å².